The zero-order chi connectivity index (χ0) is 17.9. The number of amides is 1. The Balaban J connectivity index is 1.52. The summed E-state index contributed by atoms with van der Waals surface area (Å²) in [6.07, 6.45) is 12.6. The van der Waals surface area contributed by atoms with Crippen molar-refractivity contribution in [1.29, 1.82) is 0 Å². The molecular formula is C19H26N6O. The molecule has 0 N–H and O–H groups in total. The van der Waals surface area contributed by atoms with Gasteiger partial charge in [-0.3, -0.25) is 19.2 Å². The summed E-state index contributed by atoms with van der Waals surface area (Å²) in [6.45, 7) is 5.34. The van der Waals surface area contributed by atoms with Gasteiger partial charge in [-0.2, -0.15) is 0 Å². The van der Waals surface area contributed by atoms with Gasteiger partial charge in [-0.05, 0) is 32.2 Å². The van der Waals surface area contributed by atoms with Crippen LogP contribution < -0.4 is 0 Å². The van der Waals surface area contributed by atoms with Crippen LogP contribution in [0.2, 0.25) is 0 Å². The zero-order valence-corrected chi connectivity index (χ0v) is 15.3. The van der Waals surface area contributed by atoms with Crippen molar-refractivity contribution in [2.75, 3.05) is 26.2 Å². The van der Waals surface area contributed by atoms with Crippen molar-refractivity contribution in [2.45, 2.75) is 45.1 Å². The van der Waals surface area contributed by atoms with Gasteiger partial charge in [0.1, 0.15) is 5.82 Å². The van der Waals surface area contributed by atoms with Crippen LogP contribution in [-0.4, -0.2) is 61.4 Å². The number of rotatable bonds is 5. The number of imidazole rings is 1. The van der Waals surface area contributed by atoms with Gasteiger partial charge in [-0.1, -0.05) is 6.92 Å². The van der Waals surface area contributed by atoms with E-state index in [-0.39, 0.29) is 11.9 Å². The van der Waals surface area contributed by atoms with Gasteiger partial charge in [-0.25, -0.2) is 9.97 Å². The van der Waals surface area contributed by atoms with Gasteiger partial charge >= 0.3 is 0 Å². The summed E-state index contributed by atoms with van der Waals surface area (Å²) in [5.41, 5.74) is 0.949. The molecule has 0 spiro atoms. The van der Waals surface area contributed by atoms with E-state index in [1.165, 1.54) is 0 Å². The normalized spacial score (nSPS) is 20.8. The smallest absolute Gasteiger partial charge is 0.236 e. The van der Waals surface area contributed by atoms with Crippen LogP contribution in [0.5, 0.6) is 0 Å². The number of nitrogens with zero attached hydrogens (tertiary/aromatic N) is 6. The SMILES string of the molecule is CCc1nccn1-c1cncc(C2CCCN2CC(=O)N2CCCC2)n1. The molecule has 0 saturated carbocycles. The van der Waals surface area contributed by atoms with E-state index in [0.717, 1.165) is 69.1 Å². The van der Waals surface area contributed by atoms with Crippen LogP contribution in [0, 0.1) is 0 Å². The van der Waals surface area contributed by atoms with Crippen molar-refractivity contribution in [2.24, 2.45) is 0 Å². The van der Waals surface area contributed by atoms with Crippen LogP contribution in [0.1, 0.15) is 50.2 Å². The van der Waals surface area contributed by atoms with Gasteiger partial charge in [0.15, 0.2) is 5.82 Å². The predicted molar refractivity (Wildman–Crippen MR) is 97.9 cm³/mol. The maximum atomic E-state index is 12.6. The second kappa shape index (κ2) is 7.53. The van der Waals surface area contributed by atoms with E-state index in [1.54, 1.807) is 12.4 Å². The highest BCUT2D eigenvalue weighted by Gasteiger charge is 2.31. The summed E-state index contributed by atoms with van der Waals surface area (Å²) in [5.74, 6) is 2.03. The maximum Gasteiger partial charge on any atom is 0.236 e. The first-order valence-electron chi connectivity index (χ1n) is 9.62. The second-order valence-electron chi connectivity index (χ2n) is 7.09. The Morgan fingerprint density at radius 2 is 2.04 bits per heavy atom. The molecule has 4 heterocycles. The lowest BCUT2D eigenvalue weighted by atomic mass is 10.1. The van der Waals surface area contributed by atoms with Gasteiger partial charge in [0.2, 0.25) is 5.91 Å². The molecule has 0 aliphatic carbocycles. The molecule has 0 bridgehead atoms. The lowest BCUT2D eigenvalue weighted by Crippen LogP contribution is -2.38. The summed E-state index contributed by atoms with van der Waals surface area (Å²) in [5, 5.41) is 0. The molecule has 2 aromatic heterocycles. The topological polar surface area (TPSA) is 67.2 Å². The van der Waals surface area contributed by atoms with E-state index >= 15 is 0 Å². The summed E-state index contributed by atoms with van der Waals surface area (Å²) >= 11 is 0. The quantitative estimate of drug-likeness (QED) is 0.821. The standard InChI is InChI=1S/C19H26N6O/c1-2-17-21-7-11-25(17)18-13-20-12-15(22-18)16-6-5-10-24(16)14-19(26)23-8-3-4-9-23/h7,11-13,16H,2-6,8-10,14H2,1H3. The Kier molecular flexibility index (Phi) is 4.97. The fourth-order valence-electron chi connectivity index (χ4n) is 4.04. The Hall–Kier alpha value is -2.28. The van der Waals surface area contributed by atoms with E-state index in [1.807, 2.05) is 21.9 Å². The van der Waals surface area contributed by atoms with Crippen LogP contribution >= 0.6 is 0 Å². The molecule has 1 unspecified atom stereocenters. The third kappa shape index (κ3) is 3.35. The lowest BCUT2D eigenvalue weighted by molar-refractivity contribution is -0.131. The van der Waals surface area contributed by atoms with Crippen LogP contribution in [0.4, 0.5) is 0 Å². The summed E-state index contributed by atoms with van der Waals surface area (Å²) in [7, 11) is 0. The van der Waals surface area contributed by atoms with Crippen LogP contribution in [0.25, 0.3) is 5.82 Å². The number of hydrogen-bond acceptors (Lipinski definition) is 5. The third-order valence-corrected chi connectivity index (χ3v) is 5.42. The molecule has 7 nitrogen and oxygen atoms in total. The first-order chi connectivity index (χ1) is 12.8. The second-order valence-corrected chi connectivity index (χ2v) is 7.09. The molecule has 0 radical (unpaired) electrons. The number of hydrogen-bond donors (Lipinski definition) is 0. The average Bonchev–Trinajstić information content (AvgIpc) is 3.42. The molecule has 26 heavy (non-hydrogen) atoms. The van der Waals surface area contributed by atoms with Crippen molar-refractivity contribution in [3.05, 3.63) is 36.3 Å². The fraction of sp³-hybridized carbons (Fsp3) is 0.579. The van der Waals surface area contributed by atoms with Crippen LogP contribution in [0.3, 0.4) is 0 Å². The Labute approximate surface area is 154 Å². The Morgan fingerprint density at radius 1 is 1.19 bits per heavy atom. The Morgan fingerprint density at radius 3 is 2.85 bits per heavy atom. The van der Waals surface area contributed by atoms with E-state index in [9.17, 15) is 4.79 Å². The van der Waals surface area contributed by atoms with Crippen molar-refractivity contribution >= 4 is 5.91 Å². The number of aromatic nitrogens is 4. The summed E-state index contributed by atoms with van der Waals surface area (Å²) in [4.78, 5) is 30.5. The van der Waals surface area contributed by atoms with Crippen molar-refractivity contribution < 1.29 is 4.79 Å². The summed E-state index contributed by atoms with van der Waals surface area (Å²) in [6, 6.07) is 0.169. The molecule has 1 amide bonds. The van der Waals surface area contributed by atoms with Gasteiger partial charge in [-0.15, -0.1) is 0 Å². The molecule has 2 saturated heterocycles. The minimum atomic E-state index is 0.169. The van der Waals surface area contributed by atoms with Gasteiger partial charge in [0, 0.05) is 31.9 Å². The Bertz CT molecular complexity index is 767. The van der Waals surface area contributed by atoms with E-state index < -0.39 is 0 Å². The zero-order valence-electron chi connectivity index (χ0n) is 15.3. The van der Waals surface area contributed by atoms with Gasteiger partial charge in [0.25, 0.3) is 0 Å². The third-order valence-electron chi connectivity index (χ3n) is 5.42. The van der Waals surface area contributed by atoms with E-state index in [0.29, 0.717) is 6.54 Å². The molecular weight excluding hydrogens is 328 g/mol. The minimum Gasteiger partial charge on any atom is -0.342 e. The fourth-order valence-corrected chi connectivity index (χ4v) is 4.04. The molecule has 2 aromatic rings. The number of aryl methyl sites for hydroxylation is 1. The highest BCUT2D eigenvalue weighted by molar-refractivity contribution is 5.78. The molecule has 0 aromatic carbocycles. The van der Waals surface area contributed by atoms with Gasteiger partial charge in [0.05, 0.1) is 30.7 Å². The number of likely N-dealkylation sites (tertiary alicyclic amines) is 2. The number of carbonyl (C=O) groups excluding carboxylic acids is 1. The first-order valence-corrected chi connectivity index (χ1v) is 9.62. The van der Waals surface area contributed by atoms with Crippen LogP contribution in [-0.2, 0) is 11.2 Å². The number of carbonyl (C=O) groups is 1. The molecule has 138 valence electrons. The highest BCUT2D eigenvalue weighted by Crippen LogP contribution is 2.30. The van der Waals surface area contributed by atoms with Crippen molar-refractivity contribution in [3.8, 4) is 5.82 Å². The highest BCUT2D eigenvalue weighted by atomic mass is 16.2. The largest absolute Gasteiger partial charge is 0.342 e. The molecule has 2 fully saturated rings. The molecule has 2 aliphatic heterocycles. The minimum absolute atomic E-state index is 0.169. The molecule has 1 atom stereocenters. The van der Waals surface area contributed by atoms with E-state index in [2.05, 4.69) is 21.8 Å². The summed E-state index contributed by atoms with van der Waals surface area (Å²) < 4.78 is 1.99. The monoisotopic (exact) mass is 354 g/mol. The van der Waals surface area contributed by atoms with Gasteiger partial charge < -0.3 is 4.90 Å². The lowest BCUT2D eigenvalue weighted by Gasteiger charge is -2.26. The predicted octanol–water partition coefficient (Wildman–Crippen LogP) is 1.98. The average molecular weight is 354 g/mol. The molecule has 4 rings (SSSR count). The molecule has 2 aliphatic rings. The molecule has 7 heteroatoms. The first kappa shape index (κ1) is 17.1. The van der Waals surface area contributed by atoms with Crippen LogP contribution in [0.15, 0.2) is 24.8 Å². The van der Waals surface area contributed by atoms with Crippen molar-refractivity contribution in [1.82, 2.24) is 29.3 Å². The maximum absolute atomic E-state index is 12.6. The van der Waals surface area contributed by atoms with Crippen molar-refractivity contribution in [3.63, 3.8) is 0 Å². The van der Waals surface area contributed by atoms with E-state index in [4.69, 9.17) is 4.98 Å².